The predicted molar refractivity (Wildman–Crippen MR) is 85.6 cm³/mol. The third kappa shape index (κ3) is 4.33. The standard InChI is InChI=1S/C17H25N3O/c1-5-10-18-17(16-11-20(4)12-19-16)14-6-8-15(9-7-14)21-13(2)3/h6-9,11-13,17-18H,5,10H2,1-4H3. The number of hydrogen-bond acceptors (Lipinski definition) is 3. The van der Waals surface area contributed by atoms with Gasteiger partial charge in [0.1, 0.15) is 5.75 Å². The van der Waals surface area contributed by atoms with Crippen LogP contribution in [0.2, 0.25) is 0 Å². The molecule has 0 saturated heterocycles. The normalized spacial score (nSPS) is 12.6. The Morgan fingerprint density at radius 1 is 1.24 bits per heavy atom. The zero-order valence-corrected chi connectivity index (χ0v) is 13.3. The summed E-state index contributed by atoms with van der Waals surface area (Å²) in [6, 6.07) is 8.40. The second-order valence-electron chi connectivity index (χ2n) is 5.59. The summed E-state index contributed by atoms with van der Waals surface area (Å²) < 4.78 is 7.68. The molecule has 2 rings (SSSR count). The second-order valence-corrected chi connectivity index (χ2v) is 5.59. The molecular weight excluding hydrogens is 262 g/mol. The van der Waals surface area contributed by atoms with Crippen molar-refractivity contribution in [1.82, 2.24) is 14.9 Å². The lowest BCUT2D eigenvalue weighted by Gasteiger charge is -2.18. The molecule has 1 N–H and O–H groups in total. The molecule has 21 heavy (non-hydrogen) atoms. The number of benzene rings is 1. The first-order valence-corrected chi connectivity index (χ1v) is 7.58. The van der Waals surface area contributed by atoms with E-state index in [1.165, 1.54) is 5.56 Å². The number of ether oxygens (including phenoxy) is 1. The zero-order valence-electron chi connectivity index (χ0n) is 13.3. The SMILES string of the molecule is CCCNC(c1ccc(OC(C)C)cc1)c1cn(C)cn1. The second kappa shape index (κ2) is 7.27. The van der Waals surface area contributed by atoms with Crippen molar-refractivity contribution in [3.8, 4) is 5.75 Å². The molecule has 114 valence electrons. The molecule has 0 aliphatic heterocycles. The fraction of sp³-hybridized carbons (Fsp3) is 0.471. The van der Waals surface area contributed by atoms with Crippen LogP contribution in [0.3, 0.4) is 0 Å². The topological polar surface area (TPSA) is 39.1 Å². The van der Waals surface area contributed by atoms with Gasteiger partial charge < -0.3 is 14.6 Å². The first-order chi connectivity index (χ1) is 10.1. The van der Waals surface area contributed by atoms with Crippen LogP contribution in [0.5, 0.6) is 5.75 Å². The number of nitrogens with one attached hydrogen (secondary N) is 1. The van der Waals surface area contributed by atoms with E-state index in [4.69, 9.17) is 4.74 Å². The molecule has 1 aromatic heterocycles. The van der Waals surface area contributed by atoms with Crippen LogP contribution in [0.1, 0.15) is 44.5 Å². The van der Waals surface area contributed by atoms with Gasteiger partial charge in [0.25, 0.3) is 0 Å². The Kier molecular flexibility index (Phi) is 5.39. The summed E-state index contributed by atoms with van der Waals surface area (Å²) in [6.45, 7) is 7.20. The molecule has 1 aromatic carbocycles. The maximum atomic E-state index is 5.70. The number of rotatable bonds is 7. The average Bonchev–Trinajstić information content (AvgIpc) is 2.87. The molecule has 1 heterocycles. The minimum Gasteiger partial charge on any atom is -0.491 e. The van der Waals surface area contributed by atoms with Gasteiger partial charge in [-0.1, -0.05) is 19.1 Å². The fourth-order valence-corrected chi connectivity index (χ4v) is 2.27. The van der Waals surface area contributed by atoms with Gasteiger partial charge in [-0.3, -0.25) is 0 Å². The van der Waals surface area contributed by atoms with Crippen LogP contribution in [-0.2, 0) is 7.05 Å². The van der Waals surface area contributed by atoms with E-state index in [1.807, 2.05) is 43.9 Å². The van der Waals surface area contributed by atoms with Gasteiger partial charge in [0.05, 0.1) is 24.2 Å². The lowest BCUT2D eigenvalue weighted by Crippen LogP contribution is -2.23. The van der Waals surface area contributed by atoms with E-state index < -0.39 is 0 Å². The Labute approximate surface area is 127 Å². The molecule has 0 radical (unpaired) electrons. The average molecular weight is 287 g/mol. The summed E-state index contributed by atoms with van der Waals surface area (Å²) in [5.41, 5.74) is 2.25. The molecular formula is C17H25N3O. The third-order valence-corrected chi connectivity index (χ3v) is 3.20. The zero-order chi connectivity index (χ0) is 15.2. The van der Waals surface area contributed by atoms with Crippen LogP contribution in [0.25, 0.3) is 0 Å². The van der Waals surface area contributed by atoms with Gasteiger partial charge in [-0.25, -0.2) is 4.98 Å². The molecule has 0 saturated carbocycles. The maximum Gasteiger partial charge on any atom is 0.119 e. The van der Waals surface area contributed by atoms with E-state index in [0.29, 0.717) is 0 Å². The van der Waals surface area contributed by atoms with Crippen molar-refractivity contribution in [3.63, 3.8) is 0 Å². The molecule has 0 bridgehead atoms. The minimum atomic E-state index is 0.124. The van der Waals surface area contributed by atoms with E-state index in [-0.39, 0.29) is 12.1 Å². The van der Waals surface area contributed by atoms with E-state index >= 15 is 0 Å². The quantitative estimate of drug-likeness (QED) is 0.849. The van der Waals surface area contributed by atoms with Gasteiger partial charge >= 0.3 is 0 Å². The van der Waals surface area contributed by atoms with Crippen molar-refractivity contribution in [2.24, 2.45) is 7.05 Å². The number of aryl methyl sites for hydroxylation is 1. The molecule has 4 nitrogen and oxygen atoms in total. The minimum absolute atomic E-state index is 0.124. The summed E-state index contributed by atoms with van der Waals surface area (Å²) >= 11 is 0. The van der Waals surface area contributed by atoms with E-state index in [0.717, 1.165) is 24.4 Å². The van der Waals surface area contributed by atoms with Crippen LogP contribution in [0, 0.1) is 0 Å². The monoisotopic (exact) mass is 287 g/mol. The summed E-state index contributed by atoms with van der Waals surface area (Å²) in [5.74, 6) is 0.906. The summed E-state index contributed by atoms with van der Waals surface area (Å²) in [4.78, 5) is 4.49. The maximum absolute atomic E-state index is 5.70. The summed E-state index contributed by atoms with van der Waals surface area (Å²) in [5, 5.41) is 3.56. The highest BCUT2D eigenvalue weighted by Crippen LogP contribution is 2.23. The van der Waals surface area contributed by atoms with Crippen molar-refractivity contribution in [3.05, 3.63) is 48.0 Å². The van der Waals surface area contributed by atoms with Gasteiger partial charge in [0.2, 0.25) is 0 Å². The van der Waals surface area contributed by atoms with Gasteiger partial charge in [-0.2, -0.15) is 0 Å². The van der Waals surface area contributed by atoms with Crippen molar-refractivity contribution < 1.29 is 4.74 Å². The Balaban J connectivity index is 2.20. The largest absolute Gasteiger partial charge is 0.491 e. The first kappa shape index (κ1) is 15.6. The lowest BCUT2D eigenvalue weighted by molar-refractivity contribution is 0.242. The molecule has 0 spiro atoms. The number of aromatic nitrogens is 2. The van der Waals surface area contributed by atoms with Gasteiger partial charge in [-0.05, 0) is 44.5 Å². The smallest absolute Gasteiger partial charge is 0.119 e. The Morgan fingerprint density at radius 2 is 1.95 bits per heavy atom. The predicted octanol–water partition coefficient (Wildman–Crippen LogP) is 3.30. The molecule has 1 unspecified atom stereocenters. The Morgan fingerprint density at radius 3 is 2.48 bits per heavy atom. The molecule has 0 aliphatic carbocycles. The first-order valence-electron chi connectivity index (χ1n) is 7.58. The summed E-state index contributed by atoms with van der Waals surface area (Å²) in [6.07, 6.45) is 5.19. The molecule has 4 heteroatoms. The van der Waals surface area contributed by atoms with Crippen LogP contribution < -0.4 is 10.1 Å². The lowest BCUT2D eigenvalue weighted by atomic mass is 10.0. The highest BCUT2D eigenvalue weighted by molar-refractivity contribution is 5.33. The molecule has 0 amide bonds. The van der Waals surface area contributed by atoms with E-state index in [9.17, 15) is 0 Å². The Bertz CT molecular complexity index is 545. The third-order valence-electron chi connectivity index (χ3n) is 3.20. The number of imidazole rings is 1. The van der Waals surface area contributed by atoms with Gasteiger partial charge in [0.15, 0.2) is 0 Å². The van der Waals surface area contributed by atoms with Crippen molar-refractivity contribution in [1.29, 1.82) is 0 Å². The van der Waals surface area contributed by atoms with Crippen LogP contribution in [0.4, 0.5) is 0 Å². The van der Waals surface area contributed by atoms with Crippen molar-refractivity contribution in [2.45, 2.75) is 39.3 Å². The van der Waals surface area contributed by atoms with E-state index in [2.05, 4.69) is 35.6 Å². The van der Waals surface area contributed by atoms with Gasteiger partial charge in [0, 0.05) is 13.2 Å². The Hall–Kier alpha value is -1.81. The van der Waals surface area contributed by atoms with E-state index in [1.54, 1.807) is 0 Å². The highest BCUT2D eigenvalue weighted by atomic mass is 16.5. The van der Waals surface area contributed by atoms with Crippen LogP contribution in [0.15, 0.2) is 36.8 Å². The number of hydrogen-bond donors (Lipinski definition) is 1. The number of nitrogens with zero attached hydrogens (tertiary/aromatic N) is 2. The molecule has 0 fully saturated rings. The van der Waals surface area contributed by atoms with Gasteiger partial charge in [-0.15, -0.1) is 0 Å². The van der Waals surface area contributed by atoms with Crippen LogP contribution >= 0.6 is 0 Å². The van der Waals surface area contributed by atoms with Crippen molar-refractivity contribution in [2.75, 3.05) is 6.54 Å². The highest BCUT2D eigenvalue weighted by Gasteiger charge is 2.15. The molecule has 0 aliphatic rings. The van der Waals surface area contributed by atoms with Crippen LogP contribution in [-0.4, -0.2) is 22.2 Å². The fourth-order valence-electron chi connectivity index (χ4n) is 2.27. The summed E-state index contributed by atoms with van der Waals surface area (Å²) in [7, 11) is 1.99. The van der Waals surface area contributed by atoms with Crippen molar-refractivity contribution >= 4 is 0 Å². The molecule has 1 atom stereocenters. The molecule has 2 aromatic rings.